The van der Waals surface area contributed by atoms with E-state index in [-0.39, 0.29) is 5.41 Å². The largest absolute Gasteiger partial charge is 0.493 e. The molecule has 0 saturated carbocycles. The first kappa shape index (κ1) is 20.5. The zero-order valence-corrected chi connectivity index (χ0v) is 17.8. The molecule has 1 heterocycles. The van der Waals surface area contributed by atoms with Crippen LogP contribution in [0.5, 0.6) is 11.5 Å². The van der Waals surface area contributed by atoms with Gasteiger partial charge in [0, 0.05) is 34.9 Å². The van der Waals surface area contributed by atoms with Crippen LogP contribution < -0.4 is 20.5 Å². The second kappa shape index (κ2) is 9.30. The van der Waals surface area contributed by atoms with Gasteiger partial charge in [-0.15, -0.1) is 0 Å². The van der Waals surface area contributed by atoms with Crippen molar-refractivity contribution in [3.8, 4) is 11.5 Å². The molecule has 3 N–H and O–H groups in total. The van der Waals surface area contributed by atoms with E-state index in [1.165, 1.54) is 5.56 Å². The van der Waals surface area contributed by atoms with E-state index in [0.717, 1.165) is 36.2 Å². The molecule has 0 aliphatic carbocycles. The van der Waals surface area contributed by atoms with E-state index in [1.54, 1.807) is 14.2 Å². The van der Waals surface area contributed by atoms with Gasteiger partial charge in [0.15, 0.2) is 17.5 Å². The Morgan fingerprint density at radius 3 is 2.43 bits per heavy atom. The first-order valence-electron chi connectivity index (χ1n) is 9.19. The van der Waals surface area contributed by atoms with Crippen molar-refractivity contribution in [2.75, 3.05) is 39.3 Å². The predicted molar refractivity (Wildman–Crippen MR) is 116 cm³/mol. The Balaban J connectivity index is 1.76. The maximum Gasteiger partial charge on any atom is 0.193 e. The van der Waals surface area contributed by atoms with Crippen molar-refractivity contribution >= 4 is 27.6 Å². The van der Waals surface area contributed by atoms with Crippen LogP contribution in [-0.2, 0) is 10.2 Å². The van der Waals surface area contributed by atoms with Gasteiger partial charge in [0.2, 0.25) is 0 Å². The summed E-state index contributed by atoms with van der Waals surface area (Å²) in [5.74, 6) is 1.67. The van der Waals surface area contributed by atoms with Crippen LogP contribution in [0.3, 0.4) is 0 Å². The molecular weight excluding hydrogens is 422 g/mol. The molecule has 0 radical (unpaired) electrons. The SMILES string of the molecule is COc1ccc(NC(N)=NCC2(c3ccc(Br)cc3)CCOCC2)cc1OC. The summed E-state index contributed by atoms with van der Waals surface area (Å²) in [5, 5.41) is 3.14. The highest BCUT2D eigenvalue weighted by Gasteiger charge is 2.34. The normalized spacial score (nSPS) is 16.5. The van der Waals surface area contributed by atoms with Crippen LogP contribution in [-0.4, -0.2) is 39.9 Å². The van der Waals surface area contributed by atoms with Gasteiger partial charge in [0.25, 0.3) is 0 Å². The van der Waals surface area contributed by atoms with Crippen LogP contribution >= 0.6 is 15.9 Å². The first-order chi connectivity index (χ1) is 13.6. The van der Waals surface area contributed by atoms with Crippen LogP contribution in [0, 0.1) is 0 Å². The number of nitrogens with two attached hydrogens (primary N) is 1. The molecule has 1 fully saturated rings. The number of benzene rings is 2. The Kier molecular flexibility index (Phi) is 6.80. The standard InChI is InChI=1S/C21H26BrN3O3/c1-26-18-8-7-17(13-19(18)27-2)25-20(23)24-14-21(9-11-28-12-10-21)15-3-5-16(22)6-4-15/h3-8,13H,9-12,14H2,1-2H3,(H3,23,24,25). The Morgan fingerprint density at radius 2 is 1.79 bits per heavy atom. The molecule has 0 atom stereocenters. The van der Waals surface area contributed by atoms with Gasteiger partial charge in [-0.1, -0.05) is 28.1 Å². The number of guanidine groups is 1. The maximum absolute atomic E-state index is 6.17. The Bertz CT molecular complexity index is 818. The van der Waals surface area contributed by atoms with Crippen molar-refractivity contribution in [1.29, 1.82) is 0 Å². The van der Waals surface area contributed by atoms with Crippen LogP contribution in [0.4, 0.5) is 5.69 Å². The third-order valence-corrected chi connectivity index (χ3v) is 5.64. The first-order valence-corrected chi connectivity index (χ1v) is 9.98. The fraction of sp³-hybridized carbons (Fsp3) is 0.381. The second-order valence-electron chi connectivity index (χ2n) is 6.80. The monoisotopic (exact) mass is 447 g/mol. The number of aliphatic imine (C=N–C) groups is 1. The number of hydrogen-bond acceptors (Lipinski definition) is 4. The average Bonchev–Trinajstić information content (AvgIpc) is 2.73. The van der Waals surface area contributed by atoms with Crippen LogP contribution in [0.15, 0.2) is 51.9 Å². The van der Waals surface area contributed by atoms with Gasteiger partial charge < -0.3 is 25.3 Å². The van der Waals surface area contributed by atoms with Crippen molar-refractivity contribution in [2.45, 2.75) is 18.3 Å². The van der Waals surface area contributed by atoms with E-state index in [2.05, 4.69) is 50.5 Å². The molecule has 2 aromatic rings. The quantitative estimate of drug-likeness (QED) is 0.517. The average molecular weight is 448 g/mol. The molecule has 0 unspecified atom stereocenters. The Hall–Kier alpha value is -2.25. The molecule has 150 valence electrons. The highest BCUT2D eigenvalue weighted by atomic mass is 79.9. The molecule has 0 bridgehead atoms. The summed E-state index contributed by atoms with van der Waals surface area (Å²) < 4.78 is 17.3. The summed E-state index contributed by atoms with van der Waals surface area (Å²) in [6.07, 6.45) is 1.84. The molecular formula is C21H26BrN3O3. The molecule has 1 aliphatic heterocycles. The molecule has 7 heteroatoms. The minimum atomic E-state index is -0.0666. The number of anilines is 1. The molecule has 3 rings (SSSR count). The third kappa shape index (κ3) is 4.77. The van der Waals surface area contributed by atoms with E-state index in [0.29, 0.717) is 24.0 Å². The van der Waals surface area contributed by atoms with Gasteiger partial charge in [-0.05, 0) is 42.7 Å². The van der Waals surface area contributed by atoms with Crippen molar-refractivity contribution in [3.05, 3.63) is 52.5 Å². The lowest BCUT2D eigenvalue weighted by atomic mass is 9.74. The van der Waals surface area contributed by atoms with E-state index >= 15 is 0 Å². The zero-order valence-electron chi connectivity index (χ0n) is 16.2. The molecule has 1 aliphatic rings. The number of methoxy groups -OCH3 is 2. The Morgan fingerprint density at radius 1 is 1.11 bits per heavy atom. The zero-order chi connectivity index (χ0) is 20.0. The number of nitrogens with one attached hydrogen (secondary N) is 1. The van der Waals surface area contributed by atoms with Gasteiger partial charge in [0.1, 0.15) is 0 Å². The number of rotatable bonds is 6. The molecule has 0 aromatic heterocycles. The summed E-state index contributed by atoms with van der Waals surface area (Å²) in [6.45, 7) is 2.06. The minimum Gasteiger partial charge on any atom is -0.493 e. The number of nitrogens with zero attached hydrogens (tertiary/aromatic N) is 1. The van der Waals surface area contributed by atoms with Crippen molar-refractivity contribution in [3.63, 3.8) is 0 Å². The van der Waals surface area contributed by atoms with E-state index in [4.69, 9.17) is 19.9 Å². The highest BCUT2D eigenvalue weighted by Crippen LogP contribution is 2.36. The van der Waals surface area contributed by atoms with Gasteiger partial charge >= 0.3 is 0 Å². The summed E-state index contributed by atoms with van der Waals surface area (Å²) >= 11 is 3.51. The highest BCUT2D eigenvalue weighted by molar-refractivity contribution is 9.10. The molecule has 0 amide bonds. The van der Waals surface area contributed by atoms with Crippen molar-refractivity contribution in [2.24, 2.45) is 10.7 Å². The lowest BCUT2D eigenvalue weighted by molar-refractivity contribution is 0.0531. The number of hydrogen-bond donors (Lipinski definition) is 2. The smallest absolute Gasteiger partial charge is 0.193 e. The van der Waals surface area contributed by atoms with E-state index in [1.807, 2.05) is 18.2 Å². The minimum absolute atomic E-state index is 0.0666. The lowest BCUT2D eigenvalue weighted by Gasteiger charge is -2.36. The van der Waals surface area contributed by atoms with Gasteiger partial charge in [-0.3, -0.25) is 4.99 Å². The maximum atomic E-state index is 6.17. The van der Waals surface area contributed by atoms with E-state index < -0.39 is 0 Å². The summed E-state index contributed by atoms with van der Waals surface area (Å²) in [7, 11) is 3.21. The molecule has 0 spiro atoms. The number of halogens is 1. The van der Waals surface area contributed by atoms with Crippen molar-refractivity contribution < 1.29 is 14.2 Å². The lowest BCUT2D eigenvalue weighted by Crippen LogP contribution is -2.38. The molecule has 2 aromatic carbocycles. The summed E-state index contributed by atoms with van der Waals surface area (Å²) in [5.41, 5.74) is 8.17. The second-order valence-corrected chi connectivity index (χ2v) is 7.71. The van der Waals surface area contributed by atoms with Crippen LogP contribution in [0.25, 0.3) is 0 Å². The van der Waals surface area contributed by atoms with E-state index in [9.17, 15) is 0 Å². The summed E-state index contributed by atoms with van der Waals surface area (Å²) in [4.78, 5) is 4.66. The molecule has 6 nitrogen and oxygen atoms in total. The molecule has 28 heavy (non-hydrogen) atoms. The van der Waals surface area contributed by atoms with Crippen LogP contribution in [0.1, 0.15) is 18.4 Å². The topological polar surface area (TPSA) is 78.1 Å². The van der Waals surface area contributed by atoms with Crippen molar-refractivity contribution in [1.82, 2.24) is 0 Å². The van der Waals surface area contributed by atoms with Gasteiger partial charge in [-0.25, -0.2) is 0 Å². The summed E-state index contributed by atoms with van der Waals surface area (Å²) in [6, 6.07) is 14.0. The number of ether oxygens (including phenoxy) is 3. The fourth-order valence-corrected chi connectivity index (χ4v) is 3.71. The van der Waals surface area contributed by atoms with Crippen LogP contribution in [0.2, 0.25) is 0 Å². The Labute approximate surface area is 174 Å². The fourth-order valence-electron chi connectivity index (χ4n) is 3.44. The van der Waals surface area contributed by atoms with Gasteiger partial charge in [0.05, 0.1) is 20.8 Å². The van der Waals surface area contributed by atoms with Gasteiger partial charge in [-0.2, -0.15) is 0 Å². The molecule has 1 saturated heterocycles. The predicted octanol–water partition coefficient (Wildman–Crippen LogP) is 3.94. The third-order valence-electron chi connectivity index (χ3n) is 5.11.